The molecular formula is C11H19NOS. The molecule has 14 heavy (non-hydrogen) atoms. The van der Waals surface area contributed by atoms with Crippen LogP contribution >= 0.6 is 11.3 Å². The molecule has 0 aliphatic rings. The van der Waals surface area contributed by atoms with Gasteiger partial charge in [-0.1, -0.05) is 0 Å². The molecule has 1 heterocycles. The van der Waals surface area contributed by atoms with Gasteiger partial charge in [-0.25, -0.2) is 0 Å². The summed E-state index contributed by atoms with van der Waals surface area (Å²) in [6.07, 6.45) is -0.345. The molecule has 3 heteroatoms. The topological polar surface area (TPSA) is 32.3 Å². The van der Waals surface area contributed by atoms with Gasteiger partial charge in [0.1, 0.15) is 0 Å². The zero-order valence-electron chi connectivity index (χ0n) is 9.29. The minimum atomic E-state index is -0.345. The monoisotopic (exact) mass is 213 g/mol. The van der Waals surface area contributed by atoms with E-state index in [2.05, 4.69) is 23.7 Å². The van der Waals surface area contributed by atoms with E-state index in [-0.39, 0.29) is 11.6 Å². The molecule has 0 radical (unpaired) electrons. The van der Waals surface area contributed by atoms with E-state index >= 15 is 0 Å². The Balaban J connectivity index is 2.53. The molecule has 1 unspecified atom stereocenters. The lowest BCUT2D eigenvalue weighted by Crippen LogP contribution is -2.47. The zero-order chi connectivity index (χ0) is 10.8. The number of aliphatic hydroxyl groups is 1. The average molecular weight is 213 g/mol. The maximum absolute atomic E-state index is 9.52. The third-order valence-corrected chi connectivity index (χ3v) is 3.74. The van der Waals surface area contributed by atoms with Crippen LogP contribution in [0.3, 0.4) is 0 Å². The fourth-order valence-electron chi connectivity index (χ4n) is 1.04. The van der Waals surface area contributed by atoms with Gasteiger partial charge in [0.2, 0.25) is 0 Å². The van der Waals surface area contributed by atoms with Crippen molar-refractivity contribution in [1.29, 1.82) is 0 Å². The summed E-state index contributed by atoms with van der Waals surface area (Å²) in [6, 6.07) is 2.12. The van der Waals surface area contributed by atoms with Gasteiger partial charge in [-0.15, -0.1) is 11.3 Å². The normalized spacial score (nSPS) is 14.4. The number of nitrogens with one attached hydrogen (secondary N) is 1. The number of rotatable bonds is 4. The molecule has 1 aromatic heterocycles. The van der Waals surface area contributed by atoms with Crippen LogP contribution in [-0.4, -0.2) is 16.7 Å². The molecule has 0 aliphatic heterocycles. The summed E-state index contributed by atoms with van der Waals surface area (Å²) in [6.45, 7) is 8.79. The van der Waals surface area contributed by atoms with E-state index in [1.54, 1.807) is 11.3 Å². The van der Waals surface area contributed by atoms with Crippen LogP contribution < -0.4 is 5.32 Å². The van der Waals surface area contributed by atoms with E-state index in [0.717, 1.165) is 6.54 Å². The Morgan fingerprint density at radius 3 is 2.64 bits per heavy atom. The highest BCUT2D eigenvalue weighted by molar-refractivity contribution is 7.10. The summed E-state index contributed by atoms with van der Waals surface area (Å²) in [5.74, 6) is 0. The first-order valence-electron chi connectivity index (χ1n) is 4.89. The minimum absolute atomic E-state index is 0.226. The Hall–Kier alpha value is -0.380. The van der Waals surface area contributed by atoms with Crippen molar-refractivity contribution in [1.82, 2.24) is 5.32 Å². The second-order valence-corrected chi connectivity index (χ2v) is 5.28. The van der Waals surface area contributed by atoms with Gasteiger partial charge in [0.15, 0.2) is 0 Å². The highest BCUT2D eigenvalue weighted by Gasteiger charge is 2.23. The van der Waals surface area contributed by atoms with Gasteiger partial charge in [0, 0.05) is 17.0 Å². The lowest BCUT2D eigenvalue weighted by molar-refractivity contribution is 0.0958. The third-order valence-electron chi connectivity index (χ3n) is 2.72. The Morgan fingerprint density at radius 1 is 1.57 bits per heavy atom. The molecule has 0 saturated carbocycles. The van der Waals surface area contributed by atoms with E-state index in [4.69, 9.17) is 0 Å². The van der Waals surface area contributed by atoms with Gasteiger partial charge >= 0.3 is 0 Å². The molecular weight excluding hydrogens is 194 g/mol. The van der Waals surface area contributed by atoms with Gasteiger partial charge in [0.05, 0.1) is 6.10 Å². The van der Waals surface area contributed by atoms with Crippen molar-refractivity contribution in [2.75, 3.05) is 0 Å². The molecule has 2 N–H and O–H groups in total. The first kappa shape index (κ1) is 11.7. The third kappa shape index (κ3) is 2.80. The summed E-state index contributed by atoms with van der Waals surface area (Å²) in [5.41, 5.74) is 1.10. The number of thiophene rings is 1. The summed E-state index contributed by atoms with van der Waals surface area (Å²) in [7, 11) is 0. The Morgan fingerprint density at radius 2 is 2.21 bits per heavy atom. The van der Waals surface area contributed by atoms with Gasteiger partial charge < -0.3 is 10.4 Å². The van der Waals surface area contributed by atoms with Gasteiger partial charge in [-0.05, 0) is 44.7 Å². The van der Waals surface area contributed by atoms with Crippen LogP contribution in [-0.2, 0) is 6.54 Å². The Bertz CT molecular complexity index is 291. The highest BCUT2D eigenvalue weighted by atomic mass is 32.1. The molecule has 0 amide bonds. The first-order chi connectivity index (χ1) is 6.43. The molecule has 0 saturated heterocycles. The zero-order valence-corrected chi connectivity index (χ0v) is 10.1. The maximum atomic E-state index is 9.52. The Labute approximate surface area is 90.0 Å². The molecule has 0 aliphatic carbocycles. The van der Waals surface area contributed by atoms with Crippen LogP contribution in [0.15, 0.2) is 11.4 Å². The molecule has 80 valence electrons. The van der Waals surface area contributed by atoms with E-state index < -0.39 is 0 Å². The lowest BCUT2D eigenvalue weighted by atomic mass is 9.99. The van der Waals surface area contributed by atoms with Crippen molar-refractivity contribution >= 4 is 11.3 Å². The predicted octanol–water partition coefficient (Wildman–Crippen LogP) is 2.31. The summed E-state index contributed by atoms with van der Waals surface area (Å²) < 4.78 is 0. The molecule has 1 aromatic rings. The first-order valence-corrected chi connectivity index (χ1v) is 5.77. The summed E-state index contributed by atoms with van der Waals surface area (Å²) in [4.78, 5) is 1.35. The maximum Gasteiger partial charge on any atom is 0.0688 e. The van der Waals surface area contributed by atoms with E-state index in [1.807, 2.05) is 20.8 Å². The van der Waals surface area contributed by atoms with E-state index in [0.29, 0.717) is 0 Å². The molecule has 0 bridgehead atoms. The predicted molar refractivity (Wildman–Crippen MR) is 61.7 cm³/mol. The van der Waals surface area contributed by atoms with Crippen molar-refractivity contribution in [2.24, 2.45) is 0 Å². The average Bonchev–Trinajstić information content (AvgIpc) is 2.47. The number of aliphatic hydroxyl groups excluding tert-OH is 1. The molecule has 0 fully saturated rings. The minimum Gasteiger partial charge on any atom is -0.392 e. The summed E-state index contributed by atoms with van der Waals surface area (Å²) in [5, 5.41) is 15.0. The van der Waals surface area contributed by atoms with Gasteiger partial charge in [0.25, 0.3) is 0 Å². The van der Waals surface area contributed by atoms with Crippen LogP contribution in [0, 0.1) is 6.92 Å². The second kappa shape index (κ2) is 4.43. The second-order valence-electron chi connectivity index (χ2n) is 4.28. The number of hydrogen-bond acceptors (Lipinski definition) is 3. The summed E-state index contributed by atoms with van der Waals surface area (Å²) >= 11 is 1.76. The standard InChI is InChI=1S/C11H19NOS/c1-8-5-6-14-10(8)7-12-11(3,4)9(2)13/h5-6,9,12-13H,7H2,1-4H3. The number of hydrogen-bond donors (Lipinski definition) is 2. The quantitative estimate of drug-likeness (QED) is 0.804. The smallest absolute Gasteiger partial charge is 0.0688 e. The molecule has 1 rings (SSSR count). The van der Waals surface area contributed by atoms with Crippen LogP contribution in [0.5, 0.6) is 0 Å². The van der Waals surface area contributed by atoms with Crippen LogP contribution in [0.25, 0.3) is 0 Å². The molecule has 0 spiro atoms. The molecule has 1 atom stereocenters. The lowest BCUT2D eigenvalue weighted by Gasteiger charge is -2.29. The van der Waals surface area contributed by atoms with Crippen molar-refractivity contribution in [3.8, 4) is 0 Å². The van der Waals surface area contributed by atoms with E-state index in [9.17, 15) is 5.11 Å². The van der Waals surface area contributed by atoms with Crippen molar-refractivity contribution in [2.45, 2.75) is 45.9 Å². The van der Waals surface area contributed by atoms with Crippen LogP contribution in [0.4, 0.5) is 0 Å². The Kier molecular flexibility index (Phi) is 3.70. The van der Waals surface area contributed by atoms with Crippen LogP contribution in [0.2, 0.25) is 0 Å². The molecule has 0 aromatic carbocycles. The van der Waals surface area contributed by atoms with Gasteiger partial charge in [-0.3, -0.25) is 0 Å². The fraction of sp³-hybridized carbons (Fsp3) is 0.636. The van der Waals surface area contributed by atoms with Crippen molar-refractivity contribution in [3.63, 3.8) is 0 Å². The fourth-order valence-corrected chi connectivity index (χ4v) is 1.89. The van der Waals surface area contributed by atoms with Crippen LogP contribution in [0.1, 0.15) is 31.2 Å². The van der Waals surface area contributed by atoms with Crippen molar-refractivity contribution in [3.05, 3.63) is 21.9 Å². The van der Waals surface area contributed by atoms with E-state index in [1.165, 1.54) is 10.4 Å². The van der Waals surface area contributed by atoms with Crippen molar-refractivity contribution < 1.29 is 5.11 Å². The largest absolute Gasteiger partial charge is 0.392 e. The highest BCUT2D eigenvalue weighted by Crippen LogP contribution is 2.17. The SMILES string of the molecule is Cc1ccsc1CNC(C)(C)C(C)O. The number of aryl methyl sites for hydroxylation is 1. The molecule has 2 nitrogen and oxygen atoms in total. The van der Waals surface area contributed by atoms with Gasteiger partial charge in [-0.2, -0.15) is 0 Å².